The average molecular weight is 527 g/mol. The van der Waals surface area contributed by atoms with Crippen LogP contribution in [0.2, 0.25) is 5.02 Å². The molecule has 4 rings (SSSR count). The van der Waals surface area contributed by atoms with E-state index in [0.717, 1.165) is 5.56 Å². The lowest BCUT2D eigenvalue weighted by atomic mass is 9.95. The van der Waals surface area contributed by atoms with Gasteiger partial charge in [-0.05, 0) is 55.3 Å². The number of allylic oxidation sites excluding steroid dienone is 1. The lowest BCUT2D eigenvalue weighted by Gasteiger charge is -2.25. The van der Waals surface area contributed by atoms with Crippen LogP contribution in [-0.2, 0) is 14.3 Å². The highest BCUT2D eigenvalue weighted by Gasteiger charge is 2.34. The molecule has 0 unspecified atom stereocenters. The standard InChI is InChI=1S/C26H23ClN2O6S/c1-5-34-25(32)22-14(2)28-26-29(24(31)21(36-26)12-16-6-9-18(27)10-7-16)23(22)17-8-11-19(35-15(3)30)20(13-17)33-4/h6-13,23H,5H2,1-4H3/b21-12-/t23-/m0/s1. The van der Waals surface area contributed by atoms with Crippen LogP contribution in [0.1, 0.15) is 37.9 Å². The molecule has 36 heavy (non-hydrogen) atoms. The van der Waals surface area contributed by atoms with Gasteiger partial charge in [-0.15, -0.1) is 0 Å². The Morgan fingerprint density at radius 1 is 1.17 bits per heavy atom. The van der Waals surface area contributed by atoms with E-state index in [9.17, 15) is 14.4 Å². The highest BCUT2D eigenvalue weighted by Crippen LogP contribution is 2.36. The molecule has 0 bridgehead atoms. The first kappa shape index (κ1) is 25.4. The molecule has 1 aliphatic rings. The van der Waals surface area contributed by atoms with Crippen LogP contribution >= 0.6 is 22.9 Å². The molecule has 2 heterocycles. The number of halogens is 1. The number of hydrogen-bond donors (Lipinski definition) is 0. The van der Waals surface area contributed by atoms with E-state index in [1.54, 1.807) is 50.3 Å². The molecular formula is C26H23ClN2O6S. The fourth-order valence-corrected chi connectivity index (χ4v) is 5.08. The molecule has 0 aliphatic carbocycles. The van der Waals surface area contributed by atoms with E-state index in [-0.39, 0.29) is 29.2 Å². The summed E-state index contributed by atoms with van der Waals surface area (Å²) in [5.74, 6) is -0.566. The van der Waals surface area contributed by atoms with Crippen molar-refractivity contribution in [2.75, 3.05) is 13.7 Å². The van der Waals surface area contributed by atoms with Gasteiger partial charge in [0.2, 0.25) is 0 Å². The van der Waals surface area contributed by atoms with E-state index in [0.29, 0.717) is 25.6 Å². The Kier molecular flexibility index (Phi) is 7.42. The van der Waals surface area contributed by atoms with Crippen molar-refractivity contribution >= 4 is 41.0 Å². The molecule has 3 aromatic rings. The SMILES string of the molecule is CCOC(=O)C1=C(C)N=c2s/c(=C\c3ccc(Cl)cc3)c(=O)n2[C@H]1c1ccc(OC(C)=O)c(OC)c1. The molecule has 186 valence electrons. The number of rotatable bonds is 6. The van der Waals surface area contributed by atoms with E-state index < -0.39 is 18.0 Å². The molecule has 0 saturated carbocycles. The van der Waals surface area contributed by atoms with Crippen LogP contribution in [0.3, 0.4) is 0 Å². The fourth-order valence-electron chi connectivity index (χ4n) is 3.91. The van der Waals surface area contributed by atoms with Crippen molar-refractivity contribution in [2.45, 2.75) is 26.8 Å². The Labute approximate surface area is 215 Å². The van der Waals surface area contributed by atoms with Gasteiger partial charge in [0.25, 0.3) is 5.56 Å². The minimum absolute atomic E-state index is 0.165. The Morgan fingerprint density at radius 3 is 2.53 bits per heavy atom. The molecule has 1 atom stereocenters. The van der Waals surface area contributed by atoms with Crippen LogP contribution in [0.25, 0.3) is 6.08 Å². The lowest BCUT2D eigenvalue weighted by molar-refractivity contribution is -0.139. The summed E-state index contributed by atoms with van der Waals surface area (Å²) in [6.07, 6.45) is 1.75. The van der Waals surface area contributed by atoms with Gasteiger partial charge >= 0.3 is 11.9 Å². The number of carbonyl (C=O) groups excluding carboxylic acids is 2. The zero-order valence-corrected chi connectivity index (χ0v) is 21.6. The van der Waals surface area contributed by atoms with Crippen LogP contribution in [0, 0.1) is 0 Å². The number of aromatic nitrogens is 1. The Hall–Kier alpha value is -3.69. The summed E-state index contributed by atoms with van der Waals surface area (Å²) >= 11 is 7.21. The highest BCUT2D eigenvalue weighted by molar-refractivity contribution is 7.07. The van der Waals surface area contributed by atoms with Gasteiger partial charge < -0.3 is 14.2 Å². The Morgan fingerprint density at radius 2 is 1.89 bits per heavy atom. The number of fused-ring (bicyclic) bond motifs is 1. The number of esters is 2. The number of thiazole rings is 1. The summed E-state index contributed by atoms with van der Waals surface area (Å²) in [4.78, 5) is 43.2. The summed E-state index contributed by atoms with van der Waals surface area (Å²) in [5.41, 5.74) is 1.75. The zero-order chi connectivity index (χ0) is 26.0. The topological polar surface area (TPSA) is 96.2 Å². The predicted octanol–water partition coefficient (Wildman–Crippen LogP) is 3.39. The van der Waals surface area contributed by atoms with Crippen molar-refractivity contribution in [3.8, 4) is 11.5 Å². The third kappa shape index (κ3) is 4.98. The minimum atomic E-state index is -0.826. The maximum atomic E-state index is 13.6. The Balaban J connectivity index is 1.94. The van der Waals surface area contributed by atoms with Gasteiger partial charge in [0.1, 0.15) is 0 Å². The molecule has 0 amide bonds. The maximum Gasteiger partial charge on any atom is 0.338 e. The summed E-state index contributed by atoms with van der Waals surface area (Å²) in [5, 5.41) is 0.592. The number of carbonyl (C=O) groups is 2. The molecular weight excluding hydrogens is 504 g/mol. The molecule has 8 nitrogen and oxygen atoms in total. The molecule has 0 spiro atoms. The van der Waals surface area contributed by atoms with E-state index >= 15 is 0 Å². The van der Waals surface area contributed by atoms with Crippen LogP contribution in [-0.4, -0.2) is 30.2 Å². The smallest absolute Gasteiger partial charge is 0.338 e. The van der Waals surface area contributed by atoms with Crippen LogP contribution < -0.4 is 24.4 Å². The summed E-state index contributed by atoms with van der Waals surface area (Å²) in [7, 11) is 1.44. The van der Waals surface area contributed by atoms with Crippen molar-refractivity contribution in [3.63, 3.8) is 0 Å². The summed E-state index contributed by atoms with van der Waals surface area (Å²) in [6, 6.07) is 11.2. The zero-order valence-electron chi connectivity index (χ0n) is 20.0. The number of nitrogens with zero attached hydrogens (tertiary/aromatic N) is 2. The molecule has 0 fully saturated rings. The predicted molar refractivity (Wildman–Crippen MR) is 136 cm³/mol. The summed E-state index contributed by atoms with van der Waals surface area (Å²) in [6.45, 7) is 4.87. The van der Waals surface area contributed by atoms with Gasteiger partial charge in [-0.2, -0.15) is 0 Å². The number of ether oxygens (including phenoxy) is 3. The molecule has 0 N–H and O–H groups in total. The third-order valence-electron chi connectivity index (χ3n) is 5.44. The molecule has 0 saturated heterocycles. The normalized spacial score (nSPS) is 15.2. The molecule has 10 heteroatoms. The first-order valence-electron chi connectivity index (χ1n) is 11.0. The van der Waals surface area contributed by atoms with Gasteiger partial charge in [0, 0.05) is 11.9 Å². The number of benzene rings is 2. The lowest BCUT2D eigenvalue weighted by Crippen LogP contribution is -2.40. The van der Waals surface area contributed by atoms with E-state index in [4.69, 9.17) is 25.8 Å². The Bertz CT molecular complexity index is 1550. The molecule has 0 radical (unpaired) electrons. The van der Waals surface area contributed by atoms with Gasteiger partial charge in [0.05, 0.1) is 35.6 Å². The van der Waals surface area contributed by atoms with Gasteiger partial charge in [-0.3, -0.25) is 14.2 Å². The number of methoxy groups -OCH3 is 1. The second-order valence-corrected chi connectivity index (χ2v) is 9.30. The monoisotopic (exact) mass is 526 g/mol. The maximum absolute atomic E-state index is 13.6. The molecule has 1 aliphatic heterocycles. The van der Waals surface area contributed by atoms with Crippen molar-refractivity contribution in [2.24, 2.45) is 4.99 Å². The van der Waals surface area contributed by atoms with Crippen molar-refractivity contribution in [1.82, 2.24) is 4.57 Å². The quantitative estimate of drug-likeness (QED) is 0.361. The van der Waals surface area contributed by atoms with Gasteiger partial charge in [0.15, 0.2) is 16.3 Å². The van der Waals surface area contributed by atoms with Crippen molar-refractivity contribution < 1.29 is 23.8 Å². The minimum Gasteiger partial charge on any atom is -0.493 e. The fraction of sp³-hybridized carbons (Fsp3) is 0.231. The third-order valence-corrected chi connectivity index (χ3v) is 6.68. The van der Waals surface area contributed by atoms with Gasteiger partial charge in [-0.25, -0.2) is 9.79 Å². The van der Waals surface area contributed by atoms with Crippen LogP contribution in [0.15, 0.2) is 63.5 Å². The van der Waals surface area contributed by atoms with Gasteiger partial charge in [-0.1, -0.05) is 41.1 Å². The first-order chi connectivity index (χ1) is 17.2. The first-order valence-corrected chi connectivity index (χ1v) is 12.2. The van der Waals surface area contributed by atoms with E-state index in [2.05, 4.69) is 4.99 Å². The molecule has 1 aromatic heterocycles. The van der Waals surface area contributed by atoms with Crippen molar-refractivity contribution in [1.29, 1.82) is 0 Å². The second-order valence-electron chi connectivity index (χ2n) is 7.86. The van der Waals surface area contributed by atoms with Crippen LogP contribution in [0.4, 0.5) is 0 Å². The van der Waals surface area contributed by atoms with E-state index in [1.165, 1.54) is 29.9 Å². The average Bonchev–Trinajstić information content (AvgIpc) is 3.14. The van der Waals surface area contributed by atoms with Crippen LogP contribution in [0.5, 0.6) is 11.5 Å². The largest absolute Gasteiger partial charge is 0.493 e. The highest BCUT2D eigenvalue weighted by atomic mass is 35.5. The summed E-state index contributed by atoms with van der Waals surface area (Å²) < 4.78 is 17.9. The van der Waals surface area contributed by atoms with Crippen molar-refractivity contribution in [3.05, 3.63) is 89.6 Å². The van der Waals surface area contributed by atoms with E-state index in [1.807, 2.05) is 12.1 Å². The number of hydrogen-bond acceptors (Lipinski definition) is 8. The second kappa shape index (κ2) is 10.5. The molecule has 2 aromatic carbocycles.